The van der Waals surface area contributed by atoms with Gasteiger partial charge in [-0.3, -0.25) is 19.3 Å². The average molecular weight is 504 g/mol. The summed E-state index contributed by atoms with van der Waals surface area (Å²) in [6.07, 6.45) is -4.56. The molecule has 192 valence electrons. The van der Waals surface area contributed by atoms with Gasteiger partial charge in [-0.05, 0) is 30.3 Å². The number of hydrogen-bond donors (Lipinski definition) is 2. The Morgan fingerprint density at radius 2 is 1.69 bits per heavy atom. The molecule has 0 radical (unpaired) electrons. The SMILES string of the molecule is O=C(CC1C(=O)NCCN1C(=O)CN1CCN(c2cccc(C(F)(F)F)c2)CC1)Nc1ccccc1. The van der Waals surface area contributed by atoms with E-state index in [-0.39, 0.29) is 30.7 Å². The number of piperazine rings is 2. The van der Waals surface area contributed by atoms with Gasteiger partial charge in [-0.2, -0.15) is 13.2 Å². The first-order valence-electron chi connectivity index (χ1n) is 11.8. The van der Waals surface area contributed by atoms with Crippen LogP contribution in [0.3, 0.4) is 0 Å². The Bertz CT molecular complexity index is 1090. The lowest BCUT2D eigenvalue weighted by molar-refractivity contribution is -0.145. The smallest absolute Gasteiger partial charge is 0.369 e. The molecule has 2 aromatic rings. The van der Waals surface area contributed by atoms with E-state index in [1.807, 2.05) is 15.9 Å². The first-order chi connectivity index (χ1) is 17.2. The van der Waals surface area contributed by atoms with Crippen LogP contribution in [-0.4, -0.2) is 79.4 Å². The molecule has 0 saturated carbocycles. The highest BCUT2D eigenvalue weighted by molar-refractivity contribution is 5.97. The van der Waals surface area contributed by atoms with Crippen LogP contribution in [0.15, 0.2) is 54.6 Å². The topological polar surface area (TPSA) is 85.0 Å². The Labute approximate surface area is 207 Å². The van der Waals surface area contributed by atoms with Gasteiger partial charge in [-0.15, -0.1) is 0 Å². The molecule has 2 aliphatic rings. The van der Waals surface area contributed by atoms with Gasteiger partial charge >= 0.3 is 6.18 Å². The van der Waals surface area contributed by atoms with Gasteiger partial charge in [0.1, 0.15) is 6.04 Å². The Kier molecular flexibility index (Phi) is 7.78. The summed E-state index contributed by atoms with van der Waals surface area (Å²) in [4.78, 5) is 43.4. The summed E-state index contributed by atoms with van der Waals surface area (Å²) in [5.41, 5.74) is 0.409. The van der Waals surface area contributed by atoms with Gasteiger partial charge in [0.05, 0.1) is 18.5 Å². The fourth-order valence-corrected chi connectivity index (χ4v) is 4.45. The molecule has 0 bridgehead atoms. The van der Waals surface area contributed by atoms with Gasteiger partial charge in [-0.1, -0.05) is 24.3 Å². The van der Waals surface area contributed by atoms with Gasteiger partial charge in [0.15, 0.2) is 0 Å². The van der Waals surface area contributed by atoms with E-state index in [0.717, 1.165) is 12.1 Å². The lowest BCUT2D eigenvalue weighted by atomic mass is 10.1. The quantitative estimate of drug-likeness (QED) is 0.632. The molecule has 2 saturated heterocycles. The van der Waals surface area contributed by atoms with Crippen LogP contribution in [0.5, 0.6) is 0 Å². The fraction of sp³-hybridized carbons (Fsp3) is 0.400. The number of anilines is 2. The summed E-state index contributed by atoms with van der Waals surface area (Å²) in [5, 5.41) is 5.46. The van der Waals surface area contributed by atoms with E-state index in [2.05, 4.69) is 10.6 Å². The molecule has 2 aromatic carbocycles. The summed E-state index contributed by atoms with van der Waals surface area (Å²) in [6, 6.07) is 13.2. The summed E-state index contributed by atoms with van der Waals surface area (Å²) in [6.45, 7) is 2.60. The van der Waals surface area contributed by atoms with E-state index in [0.29, 0.717) is 50.6 Å². The van der Waals surface area contributed by atoms with Crippen molar-refractivity contribution in [2.75, 3.05) is 56.0 Å². The van der Waals surface area contributed by atoms with E-state index in [1.54, 1.807) is 30.3 Å². The maximum Gasteiger partial charge on any atom is 0.416 e. The number of carbonyl (C=O) groups excluding carboxylic acids is 3. The number of para-hydroxylation sites is 1. The Morgan fingerprint density at radius 3 is 2.39 bits per heavy atom. The molecule has 0 aliphatic carbocycles. The van der Waals surface area contributed by atoms with Crippen molar-refractivity contribution in [3.63, 3.8) is 0 Å². The summed E-state index contributed by atoms with van der Waals surface area (Å²) in [5.74, 6) is -0.988. The fourth-order valence-electron chi connectivity index (χ4n) is 4.45. The van der Waals surface area contributed by atoms with Crippen LogP contribution in [0.2, 0.25) is 0 Å². The lowest BCUT2D eigenvalue weighted by Crippen LogP contribution is -2.60. The second-order valence-corrected chi connectivity index (χ2v) is 8.82. The van der Waals surface area contributed by atoms with Crippen LogP contribution in [0.4, 0.5) is 24.5 Å². The van der Waals surface area contributed by atoms with E-state index >= 15 is 0 Å². The number of rotatable bonds is 6. The van der Waals surface area contributed by atoms with Crippen molar-refractivity contribution in [3.8, 4) is 0 Å². The normalized spacial score (nSPS) is 19.1. The molecular formula is C25H28F3N5O3. The molecule has 0 spiro atoms. The second kappa shape index (κ2) is 11.0. The summed E-state index contributed by atoms with van der Waals surface area (Å²) in [7, 11) is 0. The predicted molar refractivity (Wildman–Crippen MR) is 128 cm³/mol. The zero-order chi connectivity index (χ0) is 25.7. The highest BCUT2D eigenvalue weighted by Gasteiger charge is 2.36. The number of benzene rings is 2. The Morgan fingerprint density at radius 1 is 0.972 bits per heavy atom. The summed E-state index contributed by atoms with van der Waals surface area (Å²) >= 11 is 0. The van der Waals surface area contributed by atoms with Crippen LogP contribution in [0.25, 0.3) is 0 Å². The average Bonchev–Trinajstić information content (AvgIpc) is 2.86. The molecule has 2 fully saturated rings. The number of nitrogens with zero attached hydrogens (tertiary/aromatic N) is 3. The van der Waals surface area contributed by atoms with Crippen LogP contribution < -0.4 is 15.5 Å². The van der Waals surface area contributed by atoms with E-state index < -0.39 is 17.8 Å². The Balaban J connectivity index is 1.32. The third-order valence-corrected chi connectivity index (χ3v) is 6.36. The minimum Gasteiger partial charge on any atom is -0.369 e. The molecule has 4 rings (SSSR count). The third-order valence-electron chi connectivity index (χ3n) is 6.36. The molecule has 2 N–H and O–H groups in total. The highest BCUT2D eigenvalue weighted by Crippen LogP contribution is 2.31. The molecule has 36 heavy (non-hydrogen) atoms. The number of alkyl halides is 3. The molecule has 8 nitrogen and oxygen atoms in total. The molecule has 1 atom stereocenters. The number of carbonyl (C=O) groups is 3. The van der Waals surface area contributed by atoms with Crippen molar-refractivity contribution in [2.24, 2.45) is 0 Å². The molecular weight excluding hydrogens is 475 g/mol. The minimum atomic E-state index is -4.40. The summed E-state index contributed by atoms with van der Waals surface area (Å²) < 4.78 is 39.1. The van der Waals surface area contributed by atoms with E-state index in [1.165, 1.54) is 11.0 Å². The molecule has 1 unspecified atom stereocenters. The van der Waals surface area contributed by atoms with Crippen molar-refractivity contribution in [1.82, 2.24) is 15.1 Å². The first kappa shape index (κ1) is 25.5. The van der Waals surface area contributed by atoms with Crippen molar-refractivity contribution < 1.29 is 27.6 Å². The third kappa shape index (κ3) is 6.34. The maximum atomic E-state index is 13.1. The largest absolute Gasteiger partial charge is 0.416 e. The second-order valence-electron chi connectivity index (χ2n) is 8.82. The van der Waals surface area contributed by atoms with Crippen molar-refractivity contribution in [3.05, 3.63) is 60.2 Å². The predicted octanol–water partition coefficient (Wildman–Crippen LogP) is 2.18. The van der Waals surface area contributed by atoms with Gasteiger partial charge in [0.25, 0.3) is 0 Å². The first-order valence-corrected chi connectivity index (χ1v) is 11.8. The van der Waals surface area contributed by atoms with Gasteiger partial charge in [0.2, 0.25) is 17.7 Å². The number of hydrogen-bond acceptors (Lipinski definition) is 5. The zero-order valence-corrected chi connectivity index (χ0v) is 19.6. The Hall–Kier alpha value is -3.60. The monoisotopic (exact) mass is 503 g/mol. The highest BCUT2D eigenvalue weighted by atomic mass is 19.4. The van der Waals surface area contributed by atoms with Gasteiger partial charge in [-0.25, -0.2) is 0 Å². The standard InChI is InChI=1S/C25H28F3N5O3/c26-25(27,28)18-5-4-8-20(15-18)32-13-11-31(12-14-32)17-23(35)33-10-9-29-24(36)21(33)16-22(34)30-19-6-2-1-3-7-19/h1-8,15,21H,9-14,16-17H2,(H,29,36)(H,30,34). The van der Waals surface area contributed by atoms with Gasteiger partial charge < -0.3 is 20.4 Å². The van der Waals surface area contributed by atoms with Crippen LogP contribution >= 0.6 is 0 Å². The van der Waals surface area contributed by atoms with Crippen molar-refractivity contribution in [2.45, 2.75) is 18.6 Å². The van der Waals surface area contributed by atoms with Crippen LogP contribution in [0.1, 0.15) is 12.0 Å². The van der Waals surface area contributed by atoms with E-state index in [4.69, 9.17) is 0 Å². The number of amides is 3. The van der Waals surface area contributed by atoms with Crippen LogP contribution in [-0.2, 0) is 20.6 Å². The number of nitrogens with one attached hydrogen (secondary N) is 2. The molecule has 11 heteroatoms. The maximum absolute atomic E-state index is 13.1. The molecule has 2 heterocycles. The van der Waals surface area contributed by atoms with Crippen LogP contribution in [0, 0.1) is 0 Å². The van der Waals surface area contributed by atoms with Crippen molar-refractivity contribution in [1.29, 1.82) is 0 Å². The van der Waals surface area contributed by atoms with E-state index in [9.17, 15) is 27.6 Å². The molecule has 2 aliphatic heterocycles. The molecule has 0 aromatic heterocycles. The minimum absolute atomic E-state index is 0.0700. The zero-order valence-electron chi connectivity index (χ0n) is 19.6. The van der Waals surface area contributed by atoms with Gasteiger partial charge in [0, 0.05) is 50.6 Å². The molecule has 3 amide bonds. The number of halogens is 3. The lowest BCUT2D eigenvalue weighted by Gasteiger charge is -2.39. The van der Waals surface area contributed by atoms with Crippen molar-refractivity contribution >= 4 is 29.1 Å².